The molecule has 0 aromatic heterocycles. The molecular weight excluding hydrogens is 646 g/mol. The van der Waals surface area contributed by atoms with Gasteiger partial charge in [-0.3, -0.25) is 14.4 Å². The summed E-state index contributed by atoms with van der Waals surface area (Å²) < 4.78 is 31.1. The Hall–Kier alpha value is -2.45. The number of ketones is 1. The lowest BCUT2D eigenvalue weighted by molar-refractivity contribution is -0.301. The number of methoxy groups -OCH3 is 1. The number of nitrogens with zero attached hydrogens (tertiary/aromatic N) is 1. The van der Waals surface area contributed by atoms with Gasteiger partial charge in [0.15, 0.2) is 6.29 Å². The number of hydrogen-bond donors (Lipinski definition) is 3. The van der Waals surface area contributed by atoms with E-state index < -0.39 is 83.6 Å². The third-order valence-corrected chi connectivity index (χ3v) is 10.9. The van der Waals surface area contributed by atoms with Gasteiger partial charge in [0.25, 0.3) is 0 Å². The SMILES string of the molecule is CCC1OC(=O)[C@H](C)C(OC(=O)Cc2ccccc2)[C@H](C)[C@@H](O[C@@H]2O[C@H](C)C[C@H](N(C)C)[C@H]2O)[C@](C)(OC)C[C@@H](C)C(=O)[C@H](C)[C@@H](O)[C@]1(C)O. The second-order valence-corrected chi connectivity index (χ2v) is 15.2. The standard InChI is InChI=1S/C38H61NO11/c1-12-28-38(8,45)33(43)23(4)30(41)21(2)20-37(7,46-11)34(50-36-31(42)27(39(9)10)18-22(3)47-36)24(5)32(25(6)35(44)48-28)49-29(40)19-26-16-14-13-15-17-26/h13-17,21-25,27-28,31-34,36,42-43,45H,12,18-20H2,1-11H3/t21-,22-,23+,24+,25-,27+,28?,31-,32?,33-,34-,36+,37-,38-/m1/s1. The van der Waals surface area contributed by atoms with Gasteiger partial charge in [-0.05, 0) is 66.6 Å². The fourth-order valence-corrected chi connectivity index (χ4v) is 7.74. The summed E-state index contributed by atoms with van der Waals surface area (Å²) in [5, 5.41) is 34.4. The predicted molar refractivity (Wildman–Crippen MR) is 186 cm³/mol. The molecule has 2 heterocycles. The molecule has 0 aliphatic carbocycles. The normalized spacial score (nSPS) is 40.9. The van der Waals surface area contributed by atoms with Crippen molar-refractivity contribution in [3.05, 3.63) is 35.9 Å². The van der Waals surface area contributed by atoms with Crippen LogP contribution in [0.1, 0.15) is 80.2 Å². The van der Waals surface area contributed by atoms with Crippen molar-refractivity contribution < 1.29 is 53.4 Å². The zero-order chi connectivity index (χ0) is 37.7. The first-order valence-corrected chi connectivity index (χ1v) is 17.9. The maximum absolute atomic E-state index is 14.0. The van der Waals surface area contributed by atoms with Crippen LogP contribution in [0.5, 0.6) is 0 Å². The number of hydrogen-bond acceptors (Lipinski definition) is 12. The van der Waals surface area contributed by atoms with Gasteiger partial charge in [0, 0.05) is 30.9 Å². The van der Waals surface area contributed by atoms with Crippen LogP contribution in [-0.2, 0) is 44.5 Å². The molecule has 0 saturated carbocycles. The number of likely N-dealkylation sites (N-methyl/N-ethyl adjacent to an activating group) is 1. The molecular formula is C38H61NO11. The van der Waals surface area contributed by atoms with Crippen LogP contribution < -0.4 is 0 Å². The Labute approximate surface area is 297 Å². The van der Waals surface area contributed by atoms with E-state index >= 15 is 0 Å². The highest BCUT2D eigenvalue weighted by Gasteiger charge is 2.52. The summed E-state index contributed by atoms with van der Waals surface area (Å²) >= 11 is 0. The molecule has 1 aromatic rings. The Morgan fingerprint density at radius 2 is 1.64 bits per heavy atom. The summed E-state index contributed by atoms with van der Waals surface area (Å²) in [6.07, 6.45) is -6.63. The van der Waals surface area contributed by atoms with Gasteiger partial charge in [-0.1, -0.05) is 58.0 Å². The van der Waals surface area contributed by atoms with Crippen LogP contribution in [0.3, 0.4) is 0 Å². The van der Waals surface area contributed by atoms with Crippen molar-refractivity contribution in [2.45, 2.75) is 141 Å². The minimum Gasteiger partial charge on any atom is -0.461 e. The van der Waals surface area contributed by atoms with Crippen molar-refractivity contribution in [3.63, 3.8) is 0 Å². The Bertz CT molecular complexity index is 1270. The van der Waals surface area contributed by atoms with E-state index in [-0.39, 0.29) is 37.2 Å². The van der Waals surface area contributed by atoms with Crippen molar-refractivity contribution in [1.82, 2.24) is 4.90 Å². The maximum atomic E-state index is 14.0. The topological polar surface area (TPSA) is 161 Å². The molecule has 0 bridgehead atoms. The maximum Gasteiger partial charge on any atom is 0.312 e. The Morgan fingerprint density at radius 3 is 2.20 bits per heavy atom. The second kappa shape index (κ2) is 17.4. The summed E-state index contributed by atoms with van der Waals surface area (Å²) in [6, 6.07) is 8.77. The van der Waals surface area contributed by atoms with Gasteiger partial charge >= 0.3 is 11.9 Å². The highest BCUT2D eigenvalue weighted by Crippen LogP contribution is 2.40. The third-order valence-electron chi connectivity index (χ3n) is 10.9. The van der Waals surface area contributed by atoms with Crippen LogP contribution in [0.25, 0.3) is 0 Å². The average Bonchev–Trinajstić information content (AvgIpc) is 3.07. The van der Waals surface area contributed by atoms with E-state index in [0.717, 1.165) is 5.56 Å². The number of ether oxygens (including phenoxy) is 5. The van der Waals surface area contributed by atoms with Gasteiger partial charge in [0.1, 0.15) is 29.7 Å². The molecule has 2 saturated heterocycles. The van der Waals surface area contributed by atoms with E-state index in [1.165, 1.54) is 14.0 Å². The number of carbonyl (C=O) groups is 3. The fourth-order valence-electron chi connectivity index (χ4n) is 7.74. The zero-order valence-electron chi connectivity index (χ0n) is 31.7. The molecule has 2 fully saturated rings. The summed E-state index contributed by atoms with van der Waals surface area (Å²) in [5.41, 5.74) is -2.53. The zero-order valence-corrected chi connectivity index (χ0v) is 31.7. The van der Waals surface area contributed by atoms with E-state index in [1.54, 1.807) is 53.7 Å². The molecule has 0 radical (unpaired) electrons. The van der Waals surface area contributed by atoms with Crippen LogP contribution in [0.15, 0.2) is 30.3 Å². The minimum atomic E-state index is -1.97. The first-order valence-electron chi connectivity index (χ1n) is 17.9. The largest absolute Gasteiger partial charge is 0.461 e. The molecule has 284 valence electrons. The summed E-state index contributed by atoms with van der Waals surface area (Å²) in [6.45, 7) is 13.3. The Balaban J connectivity index is 2.18. The molecule has 12 nitrogen and oxygen atoms in total. The van der Waals surface area contributed by atoms with Crippen molar-refractivity contribution >= 4 is 17.7 Å². The molecule has 50 heavy (non-hydrogen) atoms. The summed E-state index contributed by atoms with van der Waals surface area (Å²) in [4.78, 5) is 43.3. The summed E-state index contributed by atoms with van der Waals surface area (Å²) in [5.74, 6) is -5.29. The molecule has 0 amide bonds. The number of esters is 2. The third kappa shape index (κ3) is 9.50. The van der Waals surface area contributed by atoms with Gasteiger partial charge in [-0.15, -0.1) is 0 Å². The smallest absolute Gasteiger partial charge is 0.312 e. The fraction of sp³-hybridized carbons (Fsp3) is 0.763. The van der Waals surface area contributed by atoms with Crippen molar-refractivity contribution in [3.8, 4) is 0 Å². The van der Waals surface area contributed by atoms with E-state index in [9.17, 15) is 29.7 Å². The van der Waals surface area contributed by atoms with Crippen molar-refractivity contribution in [2.24, 2.45) is 23.7 Å². The van der Waals surface area contributed by atoms with Gasteiger partial charge in [-0.25, -0.2) is 0 Å². The van der Waals surface area contributed by atoms with E-state index in [1.807, 2.05) is 44.1 Å². The van der Waals surface area contributed by atoms with E-state index in [4.69, 9.17) is 23.7 Å². The number of aliphatic hydroxyl groups is 3. The quantitative estimate of drug-likeness (QED) is 0.339. The molecule has 14 atom stereocenters. The predicted octanol–water partition coefficient (Wildman–Crippen LogP) is 3.31. The van der Waals surface area contributed by atoms with Crippen LogP contribution in [0.4, 0.5) is 0 Å². The van der Waals surface area contributed by atoms with Gasteiger partial charge in [-0.2, -0.15) is 0 Å². The molecule has 3 rings (SSSR count). The van der Waals surface area contributed by atoms with Gasteiger partial charge < -0.3 is 43.9 Å². The molecule has 0 spiro atoms. The van der Waals surface area contributed by atoms with Crippen LogP contribution in [-0.4, -0.2) is 119 Å². The number of cyclic esters (lactones) is 1. The second-order valence-electron chi connectivity index (χ2n) is 15.2. The van der Waals surface area contributed by atoms with Crippen LogP contribution in [0, 0.1) is 23.7 Å². The number of aliphatic hydroxyl groups excluding tert-OH is 2. The molecule has 1 aromatic carbocycles. The molecule has 2 unspecified atom stereocenters. The summed E-state index contributed by atoms with van der Waals surface area (Å²) in [7, 11) is 5.22. The average molecular weight is 708 g/mol. The van der Waals surface area contributed by atoms with Gasteiger partial charge in [0.2, 0.25) is 0 Å². The number of rotatable bonds is 8. The molecule has 3 N–H and O–H groups in total. The number of carbonyl (C=O) groups excluding carboxylic acids is 3. The first-order chi connectivity index (χ1) is 23.3. The highest BCUT2D eigenvalue weighted by molar-refractivity contribution is 5.83. The first kappa shape index (κ1) is 42.0. The van der Waals surface area contributed by atoms with E-state index in [2.05, 4.69) is 0 Å². The Morgan fingerprint density at radius 1 is 1.02 bits per heavy atom. The van der Waals surface area contributed by atoms with Gasteiger partial charge in [0.05, 0.1) is 36.3 Å². The number of benzene rings is 1. The number of Topliss-reactive ketones (excluding diaryl/α,β-unsaturated/α-hetero) is 1. The van der Waals surface area contributed by atoms with Crippen LogP contribution in [0.2, 0.25) is 0 Å². The highest BCUT2D eigenvalue weighted by atomic mass is 16.7. The van der Waals surface area contributed by atoms with E-state index in [0.29, 0.717) is 6.42 Å². The van der Waals surface area contributed by atoms with Crippen molar-refractivity contribution in [1.29, 1.82) is 0 Å². The molecule has 2 aliphatic heterocycles. The lowest BCUT2D eigenvalue weighted by Gasteiger charge is -2.48. The monoisotopic (exact) mass is 707 g/mol. The lowest BCUT2D eigenvalue weighted by atomic mass is 9.74. The molecule has 2 aliphatic rings. The molecule has 12 heteroatoms. The minimum absolute atomic E-state index is 0.0622. The Kier molecular flexibility index (Phi) is 14.6. The van der Waals surface area contributed by atoms with Crippen LogP contribution >= 0.6 is 0 Å². The lowest BCUT2D eigenvalue weighted by Crippen LogP contribution is -2.60. The van der Waals surface area contributed by atoms with Crippen molar-refractivity contribution in [2.75, 3.05) is 21.2 Å².